The smallest absolute Gasteiger partial charge is 0.212 e. The molecule has 0 aliphatic rings. The largest absolute Gasteiger partial charge is 0.496 e. The standard InChI is InChI=1S/C14H15N5OS/c1-9-8-21-14(16-9)19-13(11(7-15)17-18-19)10-5-3-4-6-12(10)20-2/h3-6,8H,7,15H2,1-2H3. The Morgan fingerprint density at radius 1 is 1.33 bits per heavy atom. The highest BCUT2D eigenvalue weighted by molar-refractivity contribution is 7.12. The summed E-state index contributed by atoms with van der Waals surface area (Å²) in [5, 5.41) is 11.1. The molecule has 2 aromatic heterocycles. The second kappa shape index (κ2) is 5.63. The number of para-hydroxylation sites is 1. The minimum Gasteiger partial charge on any atom is -0.496 e. The molecular formula is C14H15N5OS. The van der Waals surface area contributed by atoms with Gasteiger partial charge in [-0.15, -0.1) is 16.4 Å². The molecule has 0 aliphatic heterocycles. The van der Waals surface area contributed by atoms with Gasteiger partial charge in [0, 0.05) is 17.5 Å². The molecule has 108 valence electrons. The van der Waals surface area contributed by atoms with Gasteiger partial charge in [0.2, 0.25) is 5.13 Å². The summed E-state index contributed by atoms with van der Waals surface area (Å²) in [7, 11) is 1.64. The first-order valence-electron chi connectivity index (χ1n) is 6.45. The molecule has 3 aromatic rings. The molecule has 21 heavy (non-hydrogen) atoms. The van der Waals surface area contributed by atoms with Crippen molar-refractivity contribution < 1.29 is 4.74 Å². The molecule has 2 N–H and O–H groups in total. The molecule has 0 atom stereocenters. The van der Waals surface area contributed by atoms with Crippen molar-refractivity contribution in [3.63, 3.8) is 0 Å². The molecule has 0 aliphatic carbocycles. The Labute approximate surface area is 126 Å². The third-order valence-corrected chi connectivity index (χ3v) is 4.02. The molecule has 1 aromatic carbocycles. The molecule has 0 spiro atoms. The average molecular weight is 301 g/mol. The van der Waals surface area contributed by atoms with Gasteiger partial charge in [-0.05, 0) is 19.1 Å². The molecule has 0 radical (unpaired) electrons. The van der Waals surface area contributed by atoms with Crippen LogP contribution in [0.1, 0.15) is 11.4 Å². The van der Waals surface area contributed by atoms with Gasteiger partial charge in [0.25, 0.3) is 0 Å². The van der Waals surface area contributed by atoms with Gasteiger partial charge in [0.1, 0.15) is 17.1 Å². The zero-order valence-electron chi connectivity index (χ0n) is 11.8. The summed E-state index contributed by atoms with van der Waals surface area (Å²) in [6.45, 7) is 2.25. The molecule has 0 unspecified atom stereocenters. The van der Waals surface area contributed by atoms with Crippen LogP contribution in [0, 0.1) is 6.92 Å². The summed E-state index contributed by atoms with van der Waals surface area (Å²) in [6.07, 6.45) is 0. The number of thiazole rings is 1. The molecule has 0 saturated carbocycles. The van der Waals surface area contributed by atoms with E-state index in [2.05, 4.69) is 15.3 Å². The van der Waals surface area contributed by atoms with Crippen molar-refractivity contribution in [2.45, 2.75) is 13.5 Å². The van der Waals surface area contributed by atoms with Gasteiger partial charge in [-0.25, -0.2) is 4.98 Å². The summed E-state index contributed by atoms with van der Waals surface area (Å²) in [4.78, 5) is 4.47. The number of benzene rings is 1. The minimum absolute atomic E-state index is 0.303. The Bertz CT molecular complexity index is 764. The molecule has 0 fully saturated rings. The summed E-state index contributed by atoms with van der Waals surface area (Å²) in [6, 6.07) is 7.74. The second-order valence-electron chi connectivity index (χ2n) is 4.47. The molecule has 2 heterocycles. The minimum atomic E-state index is 0.303. The van der Waals surface area contributed by atoms with Crippen molar-refractivity contribution in [3.05, 3.63) is 41.0 Å². The van der Waals surface area contributed by atoms with Crippen LogP contribution in [-0.2, 0) is 6.54 Å². The van der Waals surface area contributed by atoms with Crippen LogP contribution >= 0.6 is 11.3 Å². The summed E-state index contributed by atoms with van der Waals surface area (Å²) >= 11 is 1.52. The zero-order valence-corrected chi connectivity index (χ0v) is 12.6. The van der Waals surface area contributed by atoms with Crippen molar-refractivity contribution >= 4 is 11.3 Å². The lowest BCUT2D eigenvalue weighted by Crippen LogP contribution is -2.03. The lowest BCUT2D eigenvalue weighted by Gasteiger charge is -2.09. The van der Waals surface area contributed by atoms with Gasteiger partial charge in [-0.2, -0.15) is 4.68 Å². The highest BCUT2D eigenvalue weighted by Crippen LogP contribution is 2.33. The monoisotopic (exact) mass is 301 g/mol. The molecule has 7 heteroatoms. The van der Waals surface area contributed by atoms with Gasteiger partial charge >= 0.3 is 0 Å². The van der Waals surface area contributed by atoms with Crippen LogP contribution in [0.4, 0.5) is 0 Å². The molecule has 6 nitrogen and oxygen atoms in total. The van der Waals surface area contributed by atoms with Gasteiger partial charge in [0.15, 0.2) is 0 Å². The Morgan fingerprint density at radius 3 is 2.81 bits per heavy atom. The topological polar surface area (TPSA) is 78.9 Å². The van der Waals surface area contributed by atoms with E-state index in [9.17, 15) is 0 Å². The maximum absolute atomic E-state index is 5.80. The van der Waals surface area contributed by atoms with Crippen molar-refractivity contribution in [2.24, 2.45) is 5.73 Å². The highest BCUT2D eigenvalue weighted by atomic mass is 32.1. The van der Waals surface area contributed by atoms with Crippen LogP contribution in [0.15, 0.2) is 29.6 Å². The van der Waals surface area contributed by atoms with Crippen LogP contribution < -0.4 is 10.5 Å². The first-order valence-corrected chi connectivity index (χ1v) is 7.33. The average Bonchev–Trinajstić information content (AvgIpc) is 3.12. The lowest BCUT2D eigenvalue weighted by atomic mass is 10.1. The SMILES string of the molecule is COc1ccccc1-c1c(CN)nnn1-c1nc(C)cs1. The van der Waals surface area contributed by atoms with E-state index in [1.54, 1.807) is 11.8 Å². The van der Waals surface area contributed by atoms with Gasteiger partial charge in [-0.3, -0.25) is 0 Å². The second-order valence-corrected chi connectivity index (χ2v) is 5.31. The summed E-state index contributed by atoms with van der Waals surface area (Å²) < 4.78 is 7.16. The fourth-order valence-corrected chi connectivity index (χ4v) is 2.89. The maximum atomic E-state index is 5.80. The van der Waals surface area contributed by atoms with E-state index in [1.807, 2.05) is 36.6 Å². The fraction of sp³-hybridized carbons (Fsp3) is 0.214. The molecule has 3 rings (SSSR count). The predicted octanol–water partition coefficient (Wildman–Crippen LogP) is 2.17. The predicted molar refractivity (Wildman–Crippen MR) is 81.6 cm³/mol. The lowest BCUT2D eigenvalue weighted by molar-refractivity contribution is 0.416. The van der Waals surface area contributed by atoms with Gasteiger partial charge < -0.3 is 10.5 Å². The number of aromatic nitrogens is 4. The number of rotatable bonds is 4. The summed E-state index contributed by atoms with van der Waals surface area (Å²) in [5.74, 6) is 0.754. The first-order chi connectivity index (χ1) is 10.2. The molecule has 0 saturated heterocycles. The Morgan fingerprint density at radius 2 is 2.14 bits per heavy atom. The van der Waals surface area contributed by atoms with E-state index in [4.69, 9.17) is 10.5 Å². The van der Waals surface area contributed by atoms with E-state index in [1.165, 1.54) is 11.3 Å². The molecular weight excluding hydrogens is 286 g/mol. The third-order valence-electron chi connectivity index (χ3n) is 3.08. The van der Waals surface area contributed by atoms with E-state index in [0.29, 0.717) is 12.2 Å². The van der Waals surface area contributed by atoms with Crippen molar-refractivity contribution in [1.29, 1.82) is 0 Å². The molecule has 0 amide bonds. The van der Waals surface area contributed by atoms with E-state index in [0.717, 1.165) is 27.8 Å². The van der Waals surface area contributed by atoms with Gasteiger partial charge in [0.05, 0.1) is 12.8 Å². The van der Waals surface area contributed by atoms with Crippen molar-refractivity contribution in [3.8, 4) is 22.1 Å². The highest BCUT2D eigenvalue weighted by Gasteiger charge is 2.19. The van der Waals surface area contributed by atoms with Crippen molar-refractivity contribution in [2.75, 3.05) is 7.11 Å². The van der Waals surface area contributed by atoms with Crippen molar-refractivity contribution in [1.82, 2.24) is 20.0 Å². The van der Waals surface area contributed by atoms with Crippen LogP contribution in [-0.4, -0.2) is 27.1 Å². The fourth-order valence-electron chi connectivity index (χ4n) is 2.13. The number of nitrogens with two attached hydrogens (primary N) is 1. The van der Waals surface area contributed by atoms with E-state index >= 15 is 0 Å². The number of nitrogens with zero attached hydrogens (tertiary/aromatic N) is 4. The number of methoxy groups -OCH3 is 1. The van der Waals surface area contributed by atoms with E-state index in [-0.39, 0.29) is 0 Å². The quantitative estimate of drug-likeness (QED) is 0.799. The molecule has 0 bridgehead atoms. The number of hydrogen-bond donors (Lipinski definition) is 1. The van der Waals surface area contributed by atoms with E-state index < -0.39 is 0 Å². The van der Waals surface area contributed by atoms with Crippen LogP contribution in [0.2, 0.25) is 0 Å². The van der Waals surface area contributed by atoms with Gasteiger partial charge in [-0.1, -0.05) is 17.3 Å². The Kier molecular flexibility index (Phi) is 3.68. The van der Waals surface area contributed by atoms with Crippen LogP contribution in [0.5, 0.6) is 5.75 Å². The maximum Gasteiger partial charge on any atom is 0.212 e. The number of hydrogen-bond acceptors (Lipinski definition) is 6. The normalized spacial score (nSPS) is 10.8. The Balaban J connectivity index is 2.23. The summed E-state index contributed by atoms with van der Waals surface area (Å²) in [5.41, 5.74) is 9.19. The zero-order chi connectivity index (χ0) is 14.8. The van der Waals surface area contributed by atoms with Crippen LogP contribution in [0.3, 0.4) is 0 Å². The third kappa shape index (κ3) is 2.41. The van der Waals surface area contributed by atoms with Crippen LogP contribution in [0.25, 0.3) is 16.4 Å². The number of ether oxygens (including phenoxy) is 1. The first kappa shape index (κ1) is 13.7. The number of aryl methyl sites for hydroxylation is 1. The Hall–Kier alpha value is -2.25.